The van der Waals surface area contributed by atoms with Crippen LogP contribution in [0.1, 0.15) is 5.56 Å². The number of benzene rings is 1. The molecular weight excluding hydrogens is 248 g/mol. The van der Waals surface area contributed by atoms with E-state index in [-0.39, 0.29) is 12.4 Å². The molecule has 0 atom stereocenters. The zero-order chi connectivity index (χ0) is 12.3. The number of halogens is 3. The molecule has 0 aliphatic rings. The Kier molecular flexibility index (Phi) is 3.54. The lowest BCUT2D eigenvalue weighted by Crippen LogP contribution is -1.99. The molecule has 0 fully saturated rings. The maximum atomic E-state index is 13.2. The predicted molar refractivity (Wildman–Crippen MR) is 59.9 cm³/mol. The zero-order valence-electron chi connectivity index (χ0n) is 8.66. The molecule has 0 spiro atoms. The van der Waals surface area contributed by atoms with Gasteiger partial charge in [0.1, 0.15) is 11.8 Å². The van der Waals surface area contributed by atoms with Gasteiger partial charge in [-0.05, 0) is 18.2 Å². The minimum atomic E-state index is -0.991. The van der Waals surface area contributed by atoms with Crippen LogP contribution in [0.3, 0.4) is 0 Å². The van der Waals surface area contributed by atoms with E-state index in [4.69, 9.17) is 16.3 Å². The van der Waals surface area contributed by atoms with Crippen molar-refractivity contribution in [2.45, 2.75) is 6.61 Å². The van der Waals surface area contributed by atoms with Crippen molar-refractivity contribution in [3.8, 4) is 5.75 Å². The van der Waals surface area contributed by atoms with Crippen molar-refractivity contribution in [1.82, 2.24) is 4.98 Å². The molecule has 17 heavy (non-hydrogen) atoms. The lowest BCUT2D eigenvalue weighted by atomic mass is 10.3. The number of ether oxygens (including phenoxy) is 1. The van der Waals surface area contributed by atoms with Crippen LogP contribution in [0.5, 0.6) is 5.75 Å². The third-order valence-corrected chi connectivity index (χ3v) is 2.32. The van der Waals surface area contributed by atoms with Crippen LogP contribution in [0.4, 0.5) is 8.78 Å². The standard InChI is InChI=1S/C12H8ClF2NO/c13-11-5-4-8(6-16-11)7-17-10-3-1-2-9(14)12(10)15/h1-6H,7H2. The van der Waals surface area contributed by atoms with Crippen LogP contribution in [0.25, 0.3) is 0 Å². The maximum absolute atomic E-state index is 13.2. The first-order valence-corrected chi connectivity index (χ1v) is 5.22. The highest BCUT2D eigenvalue weighted by Gasteiger charge is 2.08. The van der Waals surface area contributed by atoms with Gasteiger partial charge in [0.25, 0.3) is 0 Å². The first-order valence-electron chi connectivity index (χ1n) is 4.84. The van der Waals surface area contributed by atoms with E-state index in [0.29, 0.717) is 5.15 Å². The fourth-order valence-corrected chi connectivity index (χ4v) is 1.36. The molecule has 0 N–H and O–H groups in total. The van der Waals surface area contributed by atoms with E-state index in [9.17, 15) is 8.78 Å². The normalized spacial score (nSPS) is 10.3. The van der Waals surface area contributed by atoms with E-state index in [0.717, 1.165) is 11.6 Å². The molecule has 2 aromatic rings. The van der Waals surface area contributed by atoms with Crippen molar-refractivity contribution in [2.24, 2.45) is 0 Å². The van der Waals surface area contributed by atoms with Gasteiger partial charge in [-0.3, -0.25) is 0 Å². The van der Waals surface area contributed by atoms with Gasteiger partial charge in [-0.25, -0.2) is 9.37 Å². The van der Waals surface area contributed by atoms with Gasteiger partial charge in [-0.2, -0.15) is 4.39 Å². The van der Waals surface area contributed by atoms with E-state index in [1.807, 2.05) is 0 Å². The van der Waals surface area contributed by atoms with Crippen molar-refractivity contribution in [3.63, 3.8) is 0 Å². The summed E-state index contributed by atoms with van der Waals surface area (Å²) < 4.78 is 31.3. The summed E-state index contributed by atoms with van der Waals surface area (Å²) in [6, 6.07) is 7.08. The quantitative estimate of drug-likeness (QED) is 0.782. The Hall–Kier alpha value is -1.68. The smallest absolute Gasteiger partial charge is 0.200 e. The number of hydrogen-bond donors (Lipinski definition) is 0. The third-order valence-electron chi connectivity index (χ3n) is 2.10. The number of rotatable bonds is 3. The van der Waals surface area contributed by atoms with Gasteiger partial charge < -0.3 is 4.74 Å². The second kappa shape index (κ2) is 5.10. The maximum Gasteiger partial charge on any atom is 0.200 e. The van der Waals surface area contributed by atoms with Gasteiger partial charge in [0.2, 0.25) is 5.82 Å². The first kappa shape index (κ1) is 11.8. The summed E-state index contributed by atoms with van der Waals surface area (Å²) in [5, 5.41) is 0.366. The van der Waals surface area contributed by atoms with Crippen molar-refractivity contribution >= 4 is 11.6 Å². The Morgan fingerprint density at radius 1 is 1.18 bits per heavy atom. The average Bonchev–Trinajstić information content (AvgIpc) is 2.33. The van der Waals surface area contributed by atoms with Gasteiger partial charge in [0.05, 0.1) is 0 Å². The van der Waals surface area contributed by atoms with Crippen molar-refractivity contribution in [3.05, 3.63) is 58.9 Å². The topological polar surface area (TPSA) is 22.1 Å². The van der Waals surface area contributed by atoms with Crippen molar-refractivity contribution < 1.29 is 13.5 Å². The molecule has 0 saturated heterocycles. The number of hydrogen-bond acceptors (Lipinski definition) is 2. The van der Waals surface area contributed by atoms with Crippen LogP contribution in [0.15, 0.2) is 36.5 Å². The van der Waals surface area contributed by atoms with Crippen LogP contribution in [0, 0.1) is 11.6 Å². The fraction of sp³-hybridized carbons (Fsp3) is 0.0833. The van der Waals surface area contributed by atoms with E-state index in [2.05, 4.69) is 4.98 Å². The Morgan fingerprint density at radius 2 is 2.00 bits per heavy atom. The summed E-state index contributed by atoms with van der Waals surface area (Å²) in [6.07, 6.45) is 1.51. The molecule has 2 nitrogen and oxygen atoms in total. The Morgan fingerprint density at radius 3 is 2.71 bits per heavy atom. The molecule has 88 valence electrons. The van der Waals surface area contributed by atoms with E-state index in [1.54, 1.807) is 12.1 Å². The zero-order valence-corrected chi connectivity index (χ0v) is 9.42. The van der Waals surface area contributed by atoms with Crippen LogP contribution in [-0.4, -0.2) is 4.98 Å². The largest absolute Gasteiger partial charge is 0.486 e. The predicted octanol–water partition coefficient (Wildman–Crippen LogP) is 3.59. The molecule has 1 aromatic carbocycles. The van der Waals surface area contributed by atoms with Gasteiger partial charge in [-0.15, -0.1) is 0 Å². The van der Waals surface area contributed by atoms with Crippen molar-refractivity contribution in [2.75, 3.05) is 0 Å². The van der Waals surface area contributed by atoms with Crippen molar-refractivity contribution in [1.29, 1.82) is 0 Å². The van der Waals surface area contributed by atoms with Gasteiger partial charge in [0, 0.05) is 11.8 Å². The molecular formula is C12H8ClF2NO. The second-order valence-corrected chi connectivity index (χ2v) is 3.72. The van der Waals surface area contributed by atoms with E-state index < -0.39 is 11.6 Å². The molecule has 0 aliphatic heterocycles. The summed E-state index contributed by atoms with van der Waals surface area (Å²) in [5.74, 6) is -2.05. The summed E-state index contributed by atoms with van der Waals surface area (Å²) in [6.45, 7) is 0.102. The summed E-state index contributed by atoms with van der Waals surface area (Å²) in [4.78, 5) is 3.85. The van der Waals surface area contributed by atoms with Crippen LogP contribution < -0.4 is 4.74 Å². The molecule has 0 amide bonds. The van der Waals surface area contributed by atoms with Crippen LogP contribution in [0.2, 0.25) is 5.15 Å². The Labute approximate surface area is 102 Å². The fourth-order valence-electron chi connectivity index (χ4n) is 1.25. The molecule has 2 rings (SSSR count). The van der Waals surface area contributed by atoms with Crippen LogP contribution in [-0.2, 0) is 6.61 Å². The SMILES string of the molecule is Fc1cccc(OCc2ccc(Cl)nc2)c1F. The minimum Gasteiger partial charge on any atom is -0.486 e. The lowest BCUT2D eigenvalue weighted by Gasteiger charge is -2.07. The summed E-state index contributed by atoms with van der Waals surface area (Å²) in [7, 11) is 0. The highest BCUT2D eigenvalue weighted by Crippen LogP contribution is 2.20. The molecule has 1 aromatic heterocycles. The highest BCUT2D eigenvalue weighted by atomic mass is 35.5. The third kappa shape index (κ3) is 2.91. The minimum absolute atomic E-state index is 0.102. The molecule has 0 bridgehead atoms. The highest BCUT2D eigenvalue weighted by molar-refractivity contribution is 6.29. The number of nitrogens with zero attached hydrogens (tertiary/aromatic N) is 1. The number of aromatic nitrogens is 1. The molecule has 1 heterocycles. The first-order chi connectivity index (χ1) is 8.16. The molecule has 0 unspecified atom stereocenters. The van der Waals surface area contributed by atoms with Gasteiger partial charge in [-0.1, -0.05) is 23.7 Å². The van der Waals surface area contributed by atoms with Gasteiger partial charge in [0.15, 0.2) is 11.6 Å². The van der Waals surface area contributed by atoms with E-state index >= 15 is 0 Å². The second-order valence-electron chi connectivity index (χ2n) is 3.33. The average molecular weight is 256 g/mol. The summed E-state index contributed by atoms with van der Waals surface area (Å²) >= 11 is 5.61. The van der Waals surface area contributed by atoms with Gasteiger partial charge >= 0.3 is 0 Å². The number of pyridine rings is 1. The molecule has 0 saturated carbocycles. The Balaban J connectivity index is 2.07. The van der Waals surface area contributed by atoms with E-state index in [1.165, 1.54) is 18.3 Å². The summed E-state index contributed by atoms with van der Waals surface area (Å²) in [5.41, 5.74) is 0.720. The lowest BCUT2D eigenvalue weighted by molar-refractivity contribution is 0.284. The molecule has 5 heteroatoms. The van der Waals surface area contributed by atoms with Crippen LogP contribution >= 0.6 is 11.6 Å². The monoisotopic (exact) mass is 255 g/mol. The Bertz CT molecular complexity index is 516. The molecule has 0 aliphatic carbocycles. The molecule has 0 radical (unpaired) electrons.